The van der Waals surface area contributed by atoms with E-state index in [2.05, 4.69) is 30.3 Å². The van der Waals surface area contributed by atoms with Crippen LogP contribution < -0.4 is 10.6 Å². The molecule has 3 amide bonds. The van der Waals surface area contributed by atoms with E-state index < -0.39 is 79.5 Å². The Kier molecular flexibility index (Phi) is 9.69. The number of hydrogen-bond donors (Lipinski definition) is 2. The number of rotatable bonds is 10. The number of nitrogens with zero attached hydrogens (tertiary/aromatic N) is 6. The van der Waals surface area contributed by atoms with Gasteiger partial charge in [0.05, 0.1) is 43.3 Å². The Hall–Kier alpha value is -4.36. The molecule has 1 aliphatic heterocycles. The van der Waals surface area contributed by atoms with E-state index in [0.29, 0.717) is 5.56 Å². The number of imidazole rings is 1. The number of fused-ring (bicyclic) bond motifs is 1. The van der Waals surface area contributed by atoms with Crippen LogP contribution in [-0.4, -0.2) is 80.4 Å². The molecule has 0 radical (unpaired) electrons. The van der Waals surface area contributed by atoms with Gasteiger partial charge in [-0.25, -0.2) is 18.9 Å². The number of halogens is 8. The molecule has 0 bridgehead atoms. The first-order valence-electron chi connectivity index (χ1n) is 14.3. The minimum absolute atomic E-state index is 0.0225. The van der Waals surface area contributed by atoms with E-state index in [1.165, 1.54) is 30.1 Å². The quantitative estimate of drug-likeness (QED) is 0.284. The molecule has 1 saturated heterocycles. The van der Waals surface area contributed by atoms with Gasteiger partial charge in [-0.15, -0.1) is 0 Å². The second-order valence-electron chi connectivity index (χ2n) is 11.3. The standard InChI is InChI=1S/C27H28F8N8O4/c1-46-12-18(42-11-19(27(33,34)35)38-25(42)45)15-8-20-37-17(10-43(20)36-9-15)21(13-2-4-14(5-3-13)23(28)29)39-24(44)22-16(40-47-41-22)6-7-26(30,31)32/h8-10,13,18-19,21H,2-7,11-12H2,1H3,(H,38,45)(H,39,44)/t18-,19+,21?/m1/s1. The topological polar surface area (TPSA) is 140 Å². The lowest BCUT2D eigenvalue weighted by molar-refractivity contribution is -0.150. The molecule has 1 unspecified atom stereocenters. The van der Waals surface area contributed by atoms with Gasteiger partial charge < -0.3 is 20.3 Å². The van der Waals surface area contributed by atoms with Crippen molar-refractivity contribution in [2.24, 2.45) is 5.92 Å². The van der Waals surface area contributed by atoms with Crippen LogP contribution in [0.15, 0.2) is 34.7 Å². The molecule has 3 atom stereocenters. The zero-order valence-electron chi connectivity index (χ0n) is 24.5. The molecular formula is C27H28F8N8O4. The fourth-order valence-electron chi connectivity index (χ4n) is 5.73. The van der Waals surface area contributed by atoms with Crippen LogP contribution in [0.2, 0.25) is 0 Å². The van der Waals surface area contributed by atoms with Gasteiger partial charge in [-0.2, -0.15) is 40.2 Å². The van der Waals surface area contributed by atoms with E-state index in [9.17, 15) is 44.7 Å². The summed E-state index contributed by atoms with van der Waals surface area (Å²) in [7, 11) is 1.31. The highest BCUT2D eigenvalue weighted by atomic mass is 19.4. The summed E-state index contributed by atoms with van der Waals surface area (Å²) in [6.45, 7) is -0.845. The summed E-state index contributed by atoms with van der Waals surface area (Å²) in [5, 5.41) is 15.8. The van der Waals surface area contributed by atoms with Crippen LogP contribution in [0.25, 0.3) is 5.65 Å². The van der Waals surface area contributed by atoms with Crippen LogP contribution in [0.5, 0.6) is 0 Å². The molecule has 12 nitrogen and oxygen atoms in total. The number of hydrogen-bond acceptors (Lipinski definition) is 8. The number of nitrogens with one attached hydrogen (secondary N) is 2. The first-order chi connectivity index (χ1) is 22.1. The van der Waals surface area contributed by atoms with Gasteiger partial charge in [-0.3, -0.25) is 4.79 Å². The van der Waals surface area contributed by atoms with Crippen molar-refractivity contribution in [1.82, 2.24) is 40.4 Å². The van der Waals surface area contributed by atoms with Crippen LogP contribution >= 0.6 is 0 Å². The molecule has 3 aromatic heterocycles. The summed E-state index contributed by atoms with van der Waals surface area (Å²) in [4.78, 5) is 31.3. The molecule has 0 aromatic carbocycles. The molecule has 4 heterocycles. The fraction of sp³-hybridized carbons (Fsp3) is 0.556. The molecule has 256 valence electrons. The van der Waals surface area contributed by atoms with Crippen molar-refractivity contribution in [3.05, 3.63) is 52.8 Å². The Morgan fingerprint density at radius 1 is 1.17 bits per heavy atom. The zero-order chi connectivity index (χ0) is 34.1. The average molecular weight is 681 g/mol. The molecule has 20 heteroatoms. The van der Waals surface area contributed by atoms with Crippen LogP contribution in [-0.2, 0) is 11.2 Å². The SMILES string of the molecule is COC[C@H](c1cnn2cc(C(NC(=O)c3nonc3CCC(F)(F)F)C3CCC(=C(F)F)CC3)nc2c1)N1C[C@@H](C(F)(F)F)NC1=O. The lowest BCUT2D eigenvalue weighted by Crippen LogP contribution is -2.40. The van der Waals surface area contributed by atoms with Gasteiger partial charge in [0.1, 0.15) is 11.7 Å². The number of methoxy groups -OCH3 is 1. The van der Waals surface area contributed by atoms with E-state index in [4.69, 9.17) is 4.74 Å². The second kappa shape index (κ2) is 13.4. The maximum absolute atomic E-state index is 13.3. The van der Waals surface area contributed by atoms with E-state index in [-0.39, 0.29) is 54.9 Å². The Labute approximate surface area is 260 Å². The summed E-state index contributed by atoms with van der Waals surface area (Å²) in [6, 6.07) is -3.48. The highest BCUT2D eigenvalue weighted by Crippen LogP contribution is 2.39. The van der Waals surface area contributed by atoms with Crippen LogP contribution in [0, 0.1) is 5.92 Å². The summed E-state index contributed by atoms with van der Waals surface area (Å²) in [6.07, 6.45) is -9.68. The van der Waals surface area contributed by atoms with Gasteiger partial charge in [-0.05, 0) is 48.4 Å². The van der Waals surface area contributed by atoms with E-state index in [0.717, 1.165) is 4.90 Å². The minimum atomic E-state index is -4.67. The van der Waals surface area contributed by atoms with Crippen LogP contribution in [0.3, 0.4) is 0 Å². The van der Waals surface area contributed by atoms with Gasteiger partial charge in [0.2, 0.25) is 0 Å². The molecule has 0 spiro atoms. The number of carbonyl (C=O) groups excluding carboxylic acids is 2. The first-order valence-corrected chi connectivity index (χ1v) is 14.3. The maximum Gasteiger partial charge on any atom is 0.410 e. The van der Waals surface area contributed by atoms with Crippen LogP contribution in [0.4, 0.5) is 39.9 Å². The molecule has 2 fully saturated rings. The van der Waals surface area contributed by atoms with Crippen molar-refractivity contribution < 1.29 is 54.1 Å². The Balaban J connectivity index is 1.44. The summed E-state index contributed by atoms with van der Waals surface area (Å²) in [5.41, 5.74) is -0.136. The van der Waals surface area contributed by atoms with Crippen molar-refractivity contribution in [2.75, 3.05) is 20.3 Å². The van der Waals surface area contributed by atoms with Gasteiger partial charge >= 0.3 is 18.4 Å². The van der Waals surface area contributed by atoms with Gasteiger partial charge in [0.15, 0.2) is 11.3 Å². The van der Waals surface area contributed by atoms with Crippen molar-refractivity contribution >= 4 is 17.6 Å². The van der Waals surface area contributed by atoms with Crippen molar-refractivity contribution in [3.63, 3.8) is 0 Å². The minimum Gasteiger partial charge on any atom is -0.382 e. The highest BCUT2D eigenvalue weighted by molar-refractivity contribution is 5.93. The van der Waals surface area contributed by atoms with Crippen molar-refractivity contribution in [3.8, 4) is 0 Å². The summed E-state index contributed by atoms with van der Waals surface area (Å²) in [5.74, 6) is -1.37. The van der Waals surface area contributed by atoms with Crippen molar-refractivity contribution in [2.45, 2.75) is 69.0 Å². The molecule has 1 aliphatic carbocycles. The third kappa shape index (κ3) is 7.79. The van der Waals surface area contributed by atoms with E-state index >= 15 is 0 Å². The monoisotopic (exact) mass is 680 g/mol. The number of aryl methyl sites for hydroxylation is 1. The molecule has 3 aromatic rings. The van der Waals surface area contributed by atoms with E-state index in [1.807, 2.05) is 5.32 Å². The fourth-order valence-corrected chi connectivity index (χ4v) is 5.73. The number of carbonyl (C=O) groups is 2. The number of allylic oxidation sites excluding steroid dienone is 1. The molecule has 2 aliphatic rings. The van der Waals surface area contributed by atoms with E-state index in [1.54, 1.807) is 0 Å². The smallest absolute Gasteiger partial charge is 0.382 e. The normalized spacial score (nSPS) is 20.4. The van der Waals surface area contributed by atoms with Gasteiger partial charge in [-0.1, -0.05) is 5.16 Å². The van der Waals surface area contributed by atoms with Crippen LogP contribution in [0.1, 0.15) is 71.6 Å². The van der Waals surface area contributed by atoms with Gasteiger partial charge in [0.25, 0.3) is 12.0 Å². The molecule has 47 heavy (non-hydrogen) atoms. The van der Waals surface area contributed by atoms with Crippen molar-refractivity contribution in [1.29, 1.82) is 0 Å². The molecule has 2 N–H and O–H groups in total. The largest absolute Gasteiger partial charge is 0.410 e. The number of aromatic nitrogens is 5. The Morgan fingerprint density at radius 2 is 1.89 bits per heavy atom. The number of urea groups is 1. The third-order valence-corrected chi connectivity index (χ3v) is 8.17. The number of ether oxygens (including phenoxy) is 1. The lowest BCUT2D eigenvalue weighted by atomic mass is 9.80. The zero-order valence-corrected chi connectivity index (χ0v) is 24.5. The predicted molar refractivity (Wildman–Crippen MR) is 143 cm³/mol. The summed E-state index contributed by atoms with van der Waals surface area (Å²) >= 11 is 0. The van der Waals surface area contributed by atoms with Gasteiger partial charge in [0, 0.05) is 25.5 Å². The number of alkyl halides is 6. The second-order valence-corrected chi connectivity index (χ2v) is 11.3. The molecular weight excluding hydrogens is 652 g/mol. The number of amides is 3. The molecule has 5 rings (SSSR count). The maximum atomic E-state index is 13.3. The molecule has 1 saturated carbocycles. The Morgan fingerprint density at radius 3 is 2.51 bits per heavy atom. The highest BCUT2D eigenvalue weighted by Gasteiger charge is 2.48. The Bertz CT molecular complexity index is 1620. The lowest BCUT2D eigenvalue weighted by Gasteiger charge is -2.30. The first kappa shape index (κ1) is 34.0. The third-order valence-electron chi connectivity index (χ3n) is 8.17. The summed E-state index contributed by atoms with van der Waals surface area (Å²) < 4.78 is 116. The average Bonchev–Trinajstić information content (AvgIpc) is 3.75. The predicted octanol–water partition coefficient (Wildman–Crippen LogP) is 5.06.